The normalized spacial score (nSPS) is 21.8. The Kier molecular flexibility index (Phi) is 8.46. The highest BCUT2D eigenvalue weighted by Crippen LogP contribution is 2.37. The van der Waals surface area contributed by atoms with Crippen LogP contribution in [0.25, 0.3) is 0 Å². The van der Waals surface area contributed by atoms with E-state index in [1.54, 1.807) is 0 Å². The minimum atomic E-state index is 0.761. The van der Waals surface area contributed by atoms with Gasteiger partial charge >= 0.3 is 0 Å². The number of hydrogen-bond acceptors (Lipinski definition) is 1. The van der Waals surface area contributed by atoms with Gasteiger partial charge in [-0.3, -0.25) is 0 Å². The van der Waals surface area contributed by atoms with Gasteiger partial charge in [-0.2, -0.15) is 0 Å². The van der Waals surface area contributed by atoms with Crippen molar-refractivity contribution in [2.24, 2.45) is 5.92 Å². The van der Waals surface area contributed by atoms with E-state index >= 15 is 0 Å². The summed E-state index contributed by atoms with van der Waals surface area (Å²) in [6.07, 6.45) is 15.0. The molecule has 0 saturated heterocycles. The molecule has 0 amide bonds. The van der Waals surface area contributed by atoms with E-state index < -0.39 is 0 Å². The van der Waals surface area contributed by atoms with Gasteiger partial charge in [0.05, 0.1) is 6.61 Å². The number of rotatable bonds is 9. The molecular weight excluding hydrogens is 280 g/mol. The minimum Gasteiger partial charge on any atom is -0.377 e. The zero-order valence-corrected chi connectivity index (χ0v) is 15.1. The van der Waals surface area contributed by atoms with E-state index in [0.29, 0.717) is 0 Å². The highest BCUT2D eigenvalue weighted by atomic mass is 16.5. The lowest BCUT2D eigenvalue weighted by atomic mass is 9.77. The summed E-state index contributed by atoms with van der Waals surface area (Å²) in [4.78, 5) is 0. The van der Waals surface area contributed by atoms with Crippen molar-refractivity contribution in [3.8, 4) is 0 Å². The van der Waals surface area contributed by atoms with Gasteiger partial charge in [-0.1, -0.05) is 56.7 Å². The summed E-state index contributed by atoms with van der Waals surface area (Å²) in [5.41, 5.74) is 2.84. The van der Waals surface area contributed by atoms with E-state index in [1.807, 2.05) is 0 Å². The van der Waals surface area contributed by atoms with Crippen molar-refractivity contribution in [3.05, 3.63) is 47.5 Å². The first-order chi connectivity index (χ1) is 11.3. The molecule has 1 aliphatic rings. The van der Waals surface area contributed by atoms with Gasteiger partial charge in [0.25, 0.3) is 0 Å². The fraction of sp³-hybridized carbons (Fsp3) is 0.636. The molecule has 0 heterocycles. The van der Waals surface area contributed by atoms with Crippen LogP contribution >= 0.6 is 0 Å². The summed E-state index contributed by atoms with van der Waals surface area (Å²) in [7, 11) is 0. The van der Waals surface area contributed by atoms with E-state index in [0.717, 1.165) is 31.5 Å². The standard InChI is InChI=1S/C22H34O/c1-3-5-7-8-19-9-13-21(14-10-19)22-15-11-20(12-16-22)18-23-17-6-4-2/h5,7,11-12,15-16,19,21H,3-4,6,8-10,13-14,17-18H2,1-2H3/b7-5+/t19-,21-. The molecule has 0 aliphatic heterocycles. The molecule has 0 bridgehead atoms. The number of unbranched alkanes of at least 4 members (excludes halogenated alkanes) is 1. The first kappa shape index (κ1) is 18.3. The van der Waals surface area contributed by atoms with Crippen molar-refractivity contribution in [1.82, 2.24) is 0 Å². The smallest absolute Gasteiger partial charge is 0.0716 e. The number of allylic oxidation sites excluding steroid dienone is 2. The largest absolute Gasteiger partial charge is 0.377 e. The molecular formula is C22H34O. The number of benzene rings is 1. The lowest BCUT2D eigenvalue weighted by Gasteiger charge is -2.28. The lowest BCUT2D eigenvalue weighted by Crippen LogP contribution is -2.12. The zero-order chi connectivity index (χ0) is 16.3. The van der Waals surface area contributed by atoms with Crippen LogP contribution in [0.2, 0.25) is 0 Å². The Morgan fingerprint density at radius 2 is 1.74 bits per heavy atom. The van der Waals surface area contributed by atoms with Crippen LogP contribution in [0.5, 0.6) is 0 Å². The van der Waals surface area contributed by atoms with Gasteiger partial charge in [-0.05, 0) is 67.9 Å². The predicted octanol–water partition coefficient (Wildman–Crippen LogP) is 6.63. The maximum atomic E-state index is 5.70. The summed E-state index contributed by atoms with van der Waals surface area (Å²) in [6, 6.07) is 9.19. The Labute approximate surface area is 143 Å². The molecule has 1 aromatic rings. The van der Waals surface area contributed by atoms with Gasteiger partial charge in [0, 0.05) is 6.61 Å². The summed E-state index contributed by atoms with van der Waals surface area (Å²) < 4.78 is 5.70. The molecule has 1 aliphatic carbocycles. The zero-order valence-electron chi connectivity index (χ0n) is 15.1. The van der Waals surface area contributed by atoms with E-state index in [4.69, 9.17) is 4.74 Å². The first-order valence-electron chi connectivity index (χ1n) is 9.65. The topological polar surface area (TPSA) is 9.23 Å². The van der Waals surface area contributed by atoms with Crippen LogP contribution in [0.4, 0.5) is 0 Å². The molecule has 0 atom stereocenters. The fourth-order valence-electron chi connectivity index (χ4n) is 3.51. The third-order valence-corrected chi connectivity index (χ3v) is 5.08. The summed E-state index contributed by atoms with van der Waals surface area (Å²) >= 11 is 0. The first-order valence-corrected chi connectivity index (χ1v) is 9.65. The summed E-state index contributed by atoms with van der Waals surface area (Å²) in [5.74, 6) is 1.69. The average molecular weight is 315 g/mol. The molecule has 0 N–H and O–H groups in total. The van der Waals surface area contributed by atoms with E-state index in [2.05, 4.69) is 50.3 Å². The van der Waals surface area contributed by atoms with Crippen LogP contribution in [-0.2, 0) is 11.3 Å². The van der Waals surface area contributed by atoms with Crippen LogP contribution in [-0.4, -0.2) is 6.61 Å². The minimum absolute atomic E-state index is 0.761. The maximum Gasteiger partial charge on any atom is 0.0716 e. The van der Waals surface area contributed by atoms with Gasteiger partial charge in [-0.25, -0.2) is 0 Å². The quantitative estimate of drug-likeness (QED) is 0.367. The molecule has 1 aromatic carbocycles. The molecule has 128 valence electrons. The van der Waals surface area contributed by atoms with Gasteiger partial charge in [0.15, 0.2) is 0 Å². The Balaban J connectivity index is 1.74. The Morgan fingerprint density at radius 3 is 2.39 bits per heavy atom. The second-order valence-corrected chi connectivity index (χ2v) is 6.98. The van der Waals surface area contributed by atoms with Crippen molar-refractivity contribution < 1.29 is 4.74 Å². The van der Waals surface area contributed by atoms with Crippen molar-refractivity contribution in [3.63, 3.8) is 0 Å². The molecule has 0 aromatic heterocycles. The molecule has 0 radical (unpaired) electrons. The molecule has 23 heavy (non-hydrogen) atoms. The third kappa shape index (κ3) is 6.51. The van der Waals surface area contributed by atoms with Crippen molar-refractivity contribution in [2.45, 2.75) is 77.7 Å². The van der Waals surface area contributed by atoms with Gasteiger partial charge in [0.2, 0.25) is 0 Å². The van der Waals surface area contributed by atoms with Crippen LogP contribution in [0.1, 0.15) is 82.3 Å². The number of ether oxygens (including phenoxy) is 1. The molecule has 1 fully saturated rings. The Morgan fingerprint density at radius 1 is 1.00 bits per heavy atom. The fourth-order valence-corrected chi connectivity index (χ4v) is 3.51. The van der Waals surface area contributed by atoms with Crippen molar-refractivity contribution >= 4 is 0 Å². The lowest BCUT2D eigenvalue weighted by molar-refractivity contribution is 0.118. The maximum absolute atomic E-state index is 5.70. The second kappa shape index (κ2) is 10.6. The molecule has 2 rings (SSSR count). The van der Waals surface area contributed by atoms with Gasteiger partial charge in [0.1, 0.15) is 0 Å². The van der Waals surface area contributed by atoms with Crippen LogP contribution in [0.3, 0.4) is 0 Å². The van der Waals surface area contributed by atoms with Crippen LogP contribution in [0, 0.1) is 5.92 Å². The van der Waals surface area contributed by atoms with Gasteiger partial charge in [-0.15, -0.1) is 0 Å². The van der Waals surface area contributed by atoms with E-state index in [-0.39, 0.29) is 0 Å². The van der Waals surface area contributed by atoms with Gasteiger partial charge < -0.3 is 4.74 Å². The number of hydrogen-bond donors (Lipinski definition) is 0. The van der Waals surface area contributed by atoms with E-state index in [1.165, 1.54) is 56.1 Å². The van der Waals surface area contributed by atoms with Crippen LogP contribution < -0.4 is 0 Å². The van der Waals surface area contributed by atoms with Crippen molar-refractivity contribution in [1.29, 1.82) is 0 Å². The SMILES string of the molecule is CC/C=C/C[C@H]1CC[C@H](c2ccc(COCCCC)cc2)CC1. The highest BCUT2D eigenvalue weighted by Gasteiger charge is 2.21. The Bertz CT molecular complexity index is 438. The van der Waals surface area contributed by atoms with Crippen molar-refractivity contribution in [2.75, 3.05) is 6.61 Å². The summed E-state index contributed by atoms with van der Waals surface area (Å²) in [5, 5.41) is 0. The molecule has 0 unspecified atom stereocenters. The highest BCUT2D eigenvalue weighted by molar-refractivity contribution is 5.25. The van der Waals surface area contributed by atoms with Crippen LogP contribution in [0.15, 0.2) is 36.4 Å². The molecule has 1 saturated carbocycles. The average Bonchev–Trinajstić information content (AvgIpc) is 2.60. The second-order valence-electron chi connectivity index (χ2n) is 6.98. The predicted molar refractivity (Wildman–Crippen MR) is 99.8 cm³/mol. The molecule has 0 spiro atoms. The molecule has 1 heteroatoms. The van der Waals surface area contributed by atoms with E-state index in [9.17, 15) is 0 Å². The third-order valence-electron chi connectivity index (χ3n) is 5.08. The Hall–Kier alpha value is -1.08. The molecule has 1 nitrogen and oxygen atoms in total. The monoisotopic (exact) mass is 314 g/mol. The summed E-state index contributed by atoms with van der Waals surface area (Å²) in [6.45, 7) is 6.06.